The van der Waals surface area contributed by atoms with Gasteiger partial charge in [0.15, 0.2) is 0 Å². The first-order valence-corrected chi connectivity index (χ1v) is 8.43. The van der Waals surface area contributed by atoms with Crippen LogP contribution in [0.15, 0.2) is 24.3 Å². The SMILES string of the molecule is CN(C)CCOc1ccc(CNC(=O)C2(N)CCCCC2)cc1.Cl.Cl. The molecule has 0 saturated heterocycles. The minimum absolute atomic E-state index is 0. The third kappa shape index (κ3) is 7.82. The van der Waals surface area contributed by atoms with E-state index in [1.54, 1.807) is 0 Å². The Labute approximate surface area is 163 Å². The Bertz CT molecular complexity index is 504. The van der Waals surface area contributed by atoms with E-state index in [2.05, 4.69) is 10.2 Å². The van der Waals surface area contributed by atoms with Crippen molar-refractivity contribution < 1.29 is 9.53 Å². The van der Waals surface area contributed by atoms with Gasteiger partial charge in [0.25, 0.3) is 0 Å². The molecule has 144 valence electrons. The fourth-order valence-electron chi connectivity index (χ4n) is 2.82. The van der Waals surface area contributed by atoms with Gasteiger partial charge < -0.3 is 20.7 Å². The molecule has 1 saturated carbocycles. The molecule has 1 aromatic rings. The second-order valence-electron chi connectivity index (χ2n) is 6.70. The molecule has 0 aromatic heterocycles. The number of hydrogen-bond acceptors (Lipinski definition) is 4. The largest absolute Gasteiger partial charge is 0.492 e. The van der Waals surface area contributed by atoms with Crippen LogP contribution in [0.2, 0.25) is 0 Å². The highest BCUT2D eigenvalue weighted by molar-refractivity contribution is 5.86. The Morgan fingerprint density at radius 2 is 1.76 bits per heavy atom. The number of carbonyl (C=O) groups is 1. The molecule has 0 aliphatic heterocycles. The average Bonchev–Trinajstić information content (AvgIpc) is 2.54. The molecule has 0 radical (unpaired) electrons. The molecule has 3 N–H and O–H groups in total. The third-order valence-corrected chi connectivity index (χ3v) is 4.38. The summed E-state index contributed by atoms with van der Waals surface area (Å²) in [6.45, 7) is 2.06. The summed E-state index contributed by atoms with van der Waals surface area (Å²) in [4.78, 5) is 14.4. The highest BCUT2D eigenvalue weighted by atomic mass is 35.5. The van der Waals surface area contributed by atoms with Crippen LogP contribution >= 0.6 is 24.8 Å². The number of hydrogen-bond donors (Lipinski definition) is 2. The topological polar surface area (TPSA) is 67.6 Å². The number of halogens is 2. The normalized spacial score (nSPS) is 15.7. The van der Waals surface area contributed by atoms with Crippen molar-refractivity contribution >= 4 is 30.7 Å². The summed E-state index contributed by atoms with van der Waals surface area (Å²) in [5.41, 5.74) is 6.61. The predicted molar refractivity (Wildman–Crippen MR) is 107 cm³/mol. The minimum Gasteiger partial charge on any atom is -0.492 e. The van der Waals surface area contributed by atoms with E-state index in [4.69, 9.17) is 10.5 Å². The summed E-state index contributed by atoms with van der Waals surface area (Å²) in [5, 5.41) is 2.98. The second-order valence-corrected chi connectivity index (χ2v) is 6.70. The maximum absolute atomic E-state index is 12.3. The van der Waals surface area contributed by atoms with Gasteiger partial charge in [0, 0.05) is 13.1 Å². The zero-order valence-corrected chi connectivity index (χ0v) is 16.8. The van der Waals surface area contributed by atoms with Crippen LogP contribution < -0.4 is 15.8 Å². The van der Waals surface area contributed by atoms with Crippen molar-refractivity contribution in [1.82, 2.24) is 10.2 Å². The van der Waals surface area contributed by atoms with Gasteiger partial charge in [-0.25, -0.2) is 0 Å². The summed E-state index contributed by atoms with van der Waals surface area (Å²) in [6.07, 6.45) is 4.85. The Kier molecular flexibility index (Phi) is 11.1. The first kappa shape index (κ1) is 24.0. The van der Waals surface area contributed by atoms with Gasteiger partial charge in [-0.05, 0) is 44.6 Å². The molecule has 0 heterocycles. The van der Waals surface area contributed by atoms with Crippen LogP contribution in [0.25, 0.3) is 0 Å². The zero-order valence-electron chi connectivity index (χ0n) is 15.1. The molecule has 1 aromatic carbocycles. The molecular weight excluding hydrogens is 361 g/mol. The lowest BCUT2D eigenvalue weighted by molar-refractivity contribution is -0.127. The van der Waals surface area contributed by atoms with Crippen LogP contribution in [0.4, 0.5) is 0 Å². The number of amides is 1. The number of carbonyl (C=O) groups excluding carboxylic acids is 1. The summed E-state index contributed by atoms with van der Waals surface area (Å²) in [6, 6.07) is 7.84. The van der Waals surface area contributed by atoms with Crippen LogP contribution in [0.1, 0.15) is 37.7 Å². The Hall–Kier alpha value is -1.01. The van der Waals surface area contributed by atoms with Gasteiger partial charge in [0.2, 0.25) is 5.91 Å². The zero-order chi connectivity index (χ0) is 16.7. The van der Waals surface area contributed by atoms with Gasteiger partial charge in [-0.15, -0.1) is 24.8 Å². The van der Waals surface area contributed by atoms with E-state index >= 15 is 0 Å². The van der Waals surface area contributed by atoms with Crippen LogP contribution in [-0.4, -0.2) is 43.6 Å². The fraction of sp³-hybridized carbons (Fsp3) is 0.611. The van der Waals surface area contributed by atoms with Crippen molar-refractivity contribution in [3.05, 3.63) is 29.8 Å². The molecule has 1 aliphatic carbocycles. The summed E-state index contributed by atoms with van der Waals surface area (Å²) < 4.78 is 5.66. The van der Waals surface area contributed by atoms with Gasteiger partial charge in [-0.1, -0.05) is 31.4 Å². The van der Waals surface area contributed by atoms with Crippen LogP contribution in [0, 0.1) is 0 Å². The molecule has 0 spiro atoms. The second kappa shape index (κ2) is 11.6. The maximum Gasteiger partial charge on any atom is 0.240 e. The number of benzene rings is 1. The molecule has 0 bridgehead atoms. The van der Waals surface area contributed by atoms with E-state index in [1.165, 1.54) is 6.42 Å². The average molecular weight is 392 g/mol. The lowest BCUT2D eigenvalue weighted by Gasteiger charge is -2.31. The number of nitrogens with two attached hydrogens (primary N) is 1. The first-order chi connectivity index (χ1) is 11.0. The molecule has 7 heteroatoms. The number of nitrogens with zero attached hydrogens (tertiary/aromatic N) is 1. The predicted octanol–water partition coefficient (Wildman–Crippen LogP) is 2.75. The summed E-state index contributed by atoms with van der Waals surface area (Å²) in [5.74, 6) is 0.827. The molecule has 0 atom stereocenters. The summed E-state index contributed by atoms with van der Waals surface area (Å²) in [7, 11) is 4.04. The van der Waals surface area contributed by atoms with Gasteiger partial charge in [0.1, 0.15) is 12.4 Å². The van der Waals surface area contributed by atoms with E-state index < -0.39 is 5.54 Å². The molecule has 1 amide bonds. The van der Waals surface area contributed by atoms with Gasteiger partial charge in [-0.2, -0.15) is 0 Å². The number of likely N-dealkylation sites (N-methyl/N-ethyl adjacent to an activating group) is 1. The van der Waals surface area contributed by atoms with E-state index in [0.717, 1.165) is 43.5 Å². The third-order valence-electron chi connectivity index (χ3n) is 4.38. The Balaban J connectivity index is 0.00000288. The molecule has 1 aliphatic rings. The van der Waals surface area contributed by atoms with Crippen molar-refractivity contribution in [2.45, 2.75) is 44.2 Å². The number of rotatable bonds is 7. The summed E-state index contributed by atoms with van der Waals surface area (Å²) >= 11 is 0. The van der Waals surface area contributed by atoms with E-state index in [1.807, 2.05) is 38.4 Å². The first-order valence-electron chi connectivity index (χ1n) is 8.43. The molecular formula is C18H31Cl2N3O2. The smallest absolute Gasteiger partial charge is 0.240 e. The van der Waals surface area contributed by atoms with Crippen molar-refractivity contribution in [2.75, 3.05) is 27.2 Å². The molecule has 25 heavy (non-hydrogen) atoms. The highest BCUT2D eigenvalue weighted by Gasteiger charge is 2.34. The molecule has 1 fully saturated rings. The van der Waals surface area contributed by atoms with Gasteiger partial charge >= 0.3 is 0 Å². The van der Waals surface area contributed by atoms with Crippen molar-refractivity contribution in [3.63, 3.8) is 0 Å². The Morgan fingerprint density at radius 3 is 2.32 bits per heavy atom. The van der Waals surface area contributed by atoms with Crippen LogP contribution in [0.5, 0.6) is 5.75 Å². The van der Waals surface area contributed by atoms with Crippen molar-refractivity contribution in [1.29, 1.82) is 0 Å². The van der Waals surface area contributed by atoms with E-state index in [9.17, 15) is 4.79 Å². The van der Waals surface area contributed by atoms with E-state index in [0.29, 0.717) is 13.2 Å². The molecule has 5 nitrogen and oxygen atoms in total. The van der Waals surface area contributed by atoms with Gasteiger partial charge in [-0.3, -0.25) is 4.79 Å². The quantitative estimate of drug-likeness (QED) is 0.749. The molecule has 0 unspecified atom stereocenters. The van der Waals surface area contributed by atoms with Crippen LogP contribution in [-0.2, 0) is 11.3 Å². The lowest BCUT2D eigenvalue weighted by atomic mass is 9.82. The monoisotopic (exact) mass is 391 g/mol. The fourth-order valence-corrected chi connectivity index (χ4v) is 2.82. The van der Waals surface area contributed by atoms with Crippen molar-refractivity contribution in [2.24, 2.45) is 5.73 Å². The Morgan fingerprint density at radius 1 is 1.16 bits per heavy atom. The van der Waals surface area contributed by atoms with Crippen molar-refractivity contribution in [3.8, 4) is 5.75 Å². The molecule has 2 rings (SSSR count). The maximum atomic E-state index is 12.3. The van der Waals surface area contributed by atoms with Crippen LogP contribution in [0.3, 0.4) is 0 Å². The van der Waals surface area contributed by atoms with E-state index in [-0.39, 0.29) is 30.7 Å². The number of ether oxygens (including phenoxy) is 1. The highest BCUT2D eigenvalue weighted by Crippen LogP contribution is 2.26. The number of nitrogens with one attached hydrogen (secondary N) is 1. The standard InChI is InChI=1S/C18H29N3O2.2ClH/c1-21(2)12-13-23-16-8-6-15(7-9-16)14-20-17(22)18(19)10-4-3-5-11-18;;/h6-9H,3-5,10-14,19H2,1-2H3,(H,20,22);2*1H. The van der Waals surface area contributed by atoms with Gasteiger partial charge in [0.05, 0.1) is 5.54 Å². The lowest BCUT2D eigenvalue weighted by Crippen LogP contribution is -2.54. The minimum atomic E-state index is -0.673.